The van der Waals surface area contributed by atoms with E-state index in [1.807, 2.05) is 36.6 Å². The van der Waals surface area contributed by atoms with E-state index in [1.165, 1.54) is 24.3 Å². The van der Waals surface area contributed by atoms with Gasteiger partial charge in [-0.2, -0.15) is 9.78 Å². The first-order valence-corrected chi connectivity index (χ1v) is 13.4. The number of hydrogen-bond donors (Lipinski definition) is 0. The number of methoxy groups -OCH3 is 1. The highest BCUT2D eigenvalue weighted by molar-refractivity contribution is 9.10. The van der Waals surface area contributed by atoms with Gasteiger partial charge in [-0.1, -0.05) is 35.2 Å². The zero-order chi connectivity index (χ0) is 27.0. The van der Waals surface area contributed by atoms with Crippen molar-refractivity contribution in [1.82, 2.24) is 14.2 Å². The third-order valence-corrected chi connectivity index (χ3v) is 7.70. The molecular weight excluding hydrogens is 550 g/mol. The Morgan fingerprint density at radius 1 is 1.13 bits per heavy atom. The van der Waals surface area contributed by atoms with Crippen LogP contribution in [0.4, 0.5) is 5.69 Å². The molecule has 0 amide bonds. The van der Waals surface area contributed by atoms with Crippen molar-refractivity contribution in [3.8, 4) is 11.4 Å². The van der Waals surface area contributed by atoms with Gasteiger partial charge in [0.25, 0.3) is 11.2 Å². The van der Waals surface area contributed by atoms with E-state index in [0.29, 0.717) is 28.2 Å². The summed E-state index contributed by atoms with van der Waals surface area (Å²) in [5, 5.41) is 17.0. The third-order valence-electron chi connectivity index (χ3n) is 7.21. The number of aryl methyl sites for hydroxylation is 1. The molecular formula is C28H28BrN5O4. The van der Waals surface area contributed by atoms with Crippen LogP contribution in [0.15, 0.2) is 56.8 Å². The van der Waals surface area contributed by atoms with Gasteiger partial charge in [0, 0.05) is 27.3 Å². The molecule has 1 fully saturated rings. The lowest BCUT2D eigenvalue weighted by molar-refractivity contribution is -0.384. The minimum Gasteiger partial charge on any atom is -0.496 e. The normalized spacial score (nSPS) is 14.4. The molecule has 2 aromatic carbocycles. The molecule has 0 unspecified atom stereocenters. The molecule has 0 saturated heterocycles. The Labute approximate surface area is 228 Å². The van der Waals surface area contributed by atoms with E-state index in [4.69, 9.17) is 9.72 Å². The molecule has 5 rings (SSSR count). The summed E-state index contributed by atoms with van der Waals surface area (Å²) in [6.07, 6.45) is 6.98. The van der Waals surface area contributed by atoms with Gasteiger partial charge in [-0.3, -0.25) is 14.9 Å². The summed E-state index contributed by atoms with van der Waals surface area (Å²) in [7, 11) is 1.48. The van der Waals surface area contributed by atoms with Crippen molar-refractivity contribution < 1.29 is 9.66 Å². The molecule has 196 valence electrons. The number of hydrogen-bond acceptors (Lipinski definition) is 6. The lowest BCUT2D eigenvalue weighted by Gasteiger charge is -2.22. The number of halogens is 1. The van der Waals surface area contributed by atoms with Crippen LogP contribution in [0.1, 0.15) is 60.8 Å². The van der Waals surface area contributed by atoms with Crippen LogP contribution in [-0.2, 0) is 0 Å². The Kier molecular flexibility index (Phi) is 7.16. The molecule has 0 atom stereocenters. The van der Waals surface area contributed by atoms with Gasteiger partial charge in [0.15, 0.2) is 0 Å². The standard InChI is InChI=1S/C28H28BrN5O4/c1-17-13-20(18(2)32(17)25-12-10-22(38-3)15-26(25)34(36)37)16-30-33-27(19-7-5-4-6-8-19)31-24-11-9-21(29)14-23(24)28(33)35/h9-16,19H,4-8H2,1-3H3. The molecule has 1 aliphatic rings. The number of nitrogens with zero attached hydrogens (tertiary/aromatic N) is 5. The monoisotopic (exact) mass is 577 g/mol. The summed E-state index contributed by atoms with van der Waals surface area (Å²) in [6.45, 7) is 3.76. The van der Waals surface area contributed by atoms with Gasteiger partial charge in [0.05, 0.1) is 35.2 Å². The van der Waals surface area contributed by atoms with Gasteiger partial charge in [0.1, 0.15) is 17.3 Å². The van der Waals surface area contributed by atoms with Crippen molar-refractivity contribution in [1.29, 1.82) is 0 Å². The second kappa shape index (κ2) is 10.5. The minimum absolute atomic E-state index is 0.0604. The summed E-state index contributed by atoms with van der Waals surface area (Å²) < 4.78 is 9.24. The van der Waals surface area contributed by atoms with Gasteiger partial charge in [-0.05, 0) is 63.1 Å². The van der Waals surface area contributed by atoms with E-state index >= 15 is 0 Å². The van der Waals surface area contributed by atoms with Crippen molar-refractivity contribution in [2.45, 2.75) is 51.9 Å². The van der Waals surface area contributed by atoms with E-state index in [1.54, 1.807) is 24.4 Å². The Hall–Kier alpha value is -3.79. The number of fused-ring (bicyclic) bond motifs is 1. The molecule has 0 N–H and O–H groups in total. The fourth-order valence-corrected chi connectivity index (χ4v) is 5.64. The average Bonchev–Trinajstić information content (AvgIpc) is 3.20. The Balaban J connectivity index is 1.62. The fourth-order valence-electron chi connectivity index (χ4n) is 5.28. The first kappa shape index (κ1) is 25.8. The molecule has 0 radical (unpaired) electrons. The fraction of sp³-hybridized carbons (Fsp3) is 0.321. The molecule has 9 nitrogen and oxygen atoms in total. The zero-order valence-electron chi connectivity index (χ0n) is 21.5. The Morgan fingerprint density at radius 3 is 2.61 bits per heavy atom. The van der Waals surface area contributed by atoms with Crippen molar-refractivity contribution in [3.05, 3.63) is 90.2 Å². The van der Waals surface area contributed by atoms with Gasteiger partial charge in [-0.25, -0.2) is 4.98 Å². The number of nitro groups is 1. The quantitative estimate of drug-likeness (QED) is 0.149. The molecule has 10 heteroatoms. The molecule has 2 aromatic heterocycles. The van der Waals surface area contributed by atoms with Crippen LogP contribution < -0.4 is 10.3 Å². The predicted octanol–water partition coefficient (Wildman–Crippen LogP) is 6.41. The average molecular weight is 578 g/mol. The minimum atomic E-state index is -0.417. The third kappa shape index (κ3) is 4.76. The van der Waals surface area contributed by atoms with E-state index in [9.17, 15) is 14.9 Å². The van der Waals surface area contributed by atoms with Crippen LogP contribution >= 0.6 is 15.9 Å². The highest BCUT2D eigenvalue weighted by Crippen LogP contribution is 2.33. The zero-order valence-corrected chi connectivity index (χ0v) is 23.1. The number of rotatable bonds is 6. The smallest absolute Gasteiger partial charge is 0.296 e. The molecule has 0 spiro atoms. The summed E-state index contributed by atoms with van der Waals surface area (Å²) >= 11 is 3.46. The van der Waals surface area contributed by atoms with Crippen LogP contribution in [0.2, 0.25) is 0 Å². The van der Waals surface area contributed by atoms with Crippen LogP contribution in [0, 0.1) is 24.0 Å². The molecule has 1 saturated carbocycles. The van der Waals surface area contributed by atoms with Gasteiger partial charge >= 0.3 is 0 Å². The highest BCUT2D eigenvalue weighted by atomic mass is 79.9. The van der Waals surface area contributed by atoms with Crippen LogP contribution in [0.25, 0.3) is 16.6 Å². The lowest BCUT2D eigenvalue weighted by Crippen LogP contribution is -2.25. The van der Waals surface area contributed by atoms with Gasteiger partial charge < -0.3 is 9.30 Å². The maximum absolute atomic E-state index is 13.6. The number of aromatic nitrogens is 3. The highest BCUT2D eigenvalue weighted by Gasteiger charge is 2.23. The Bertz CT molecular complexity index is 1630. The van der Waals surface area contributed by atoms with Crippen LogP contribution in [-0.4, -0.2) is 32.5 Å². The number of ether oxygens (including phenoxy) is 1. The van der Waals surface area contributed by atoms with Crippen molar-refractivity contribution in [2.24, 2.45) is 5.10 Å². The molecule has 1 aliphatic carbocycles. The maximum atomic E-state index is 13.6. The summed E-state index contributed by atoms with van der Waals surface area (Å²) in [4.78, 5) is 29.9. The van der Waals surface area contributed by atoms with Gasteiger partial charge in [0.2, 0.25) is 0 Å². The number of nitro benzene ring substituents is 1. The summed E-state index contributed by atoms with van der Waals surface area (Å²) in [5.74, 6) is 1.26. The Morgan fingerprint density at radius 2 is 1.89 bits per heavy atom. The van der Waals surface area contributed by atoms with Crippen LogP contribution in [0.3, 0.4) is 0 Å². The van der Waals surface area contributed by atoms with Crippen molar-refractivity contribution in [3.63, 3.8) is 0 Å². The molecule has 0 bridgehead atoms. The largest absolute Gasteiger partial charge is 0.496 e. The summed E-state index contributed by atoms with van der Waals surface area (Å²) in [5.41, 5.74) is 3.14. The van der Waals surface area contributed by atoms with Crippen LogP contribution in [0.5, 0.6) is 5.75 Å². The number of benzene rings is 2. The second-order valence-electron chi connectivity index (χ2n) is 9.60. The predicted molar refractivity (Wildman–Crippen MR) is 151 cm³/mol. The molecule has 4 aromatic rings. The van der Waals surface area contributed by atoms with E-state index < -0.39 is 4.92 Å². The van der Waals surface area contributed by atoms with E-state index in [0.717, 1.165) is 47.1 Å². The van der Waals surface area contributed by atoms with E-state index in [-0.39, 0.29) is 17.2 Å². The SMILES string of the molecule is COc1ccc(-n2c(C)cc(C=Nn3c(C4CCCCC4)nc4ccc(Br)cc4c3=O)c2C)c([N+](=O)[O-])c1. The maximum Gasteiger partial charge on any atom is 0.296 e. The second-order valence-corrected chi connectivity index (χ2v) is 10.5. The topological polar surface area (TPSA) is 105 Å². The molecule has 2 heterocycles. The van der Waals surface area contributed by atoms with E-state index in [2.05, 4.69) is 21.0 Å². The molecule has 0 aliphatic heterocycles. The van der Waals surface area contributed by atoms with Crippen molar-refractivity contribution >= 4 is 38.7 Å². The lowest BCUT2D eigenvalue weighted by atomic mass is 9.88. The first-order chi connectivity index (χ1) is 18.3. The molecule has 38 heavy (non-hydrogen) atoms. The first-order valence-electron chi connectivity index (χ1n) is 12.6. The van der Waals surface area contributed by atoms with Crippen molar-refractivity contribution in [2.75, 3.05) is 7.11 Å². The van der Waals surface area contributed by atoms with Gasteiger partial charge in [-0.15, -0.1) is 0 Å². The summed E-state index contributed by atoms with van der Waals surface area (Å²) in [6, 6.07) is 12.2.